The first-order valence-electron chi connectivity index (χ1n) is 8.94. The molecule has 1 fully saturated rings. The van der Waals surface area contributed by atoms with E-state index in [1.54, 1.807) is 0 Å². The monoisotopic (exact) mass is 358 g/mol. The average molecular weight is 359 g/mol. The smallest absolute Gasteiger partial charge is 0.230 e. The minimum Gasteiger partial charge on any atom is -0.355 e. The van der Waals surface area contributed by atoms with Crippen molar-refractivity contribution in [2.75, 3.05) is 12.3 Å². The van der Waals surface area contributed by atoms with Gasteiger partial charge in [-0.25, -0.2) is 0 Å². The summed E-state index contributed by atoms with van der Waals surface area (Å²) in [6, 6.07) is 9.18. The predicted octanol–water partition coefficient (Wildman–Crippen LogP) is 3.50. The third kappa shape index (κ3) is 4.84. The van der Waals surface area contributed by atoms with Crippen LogP contribution in [0.1, 0.15) is 55.6 Å². The first-order chi connectivity index (χ1) is 12.0. The molecule has 0 unspecified atom stereocenters. The highest BCUT2D eigenvalue weighted by atomic mass is 32.2. The third-order valence-electron chi connectivity index (χ3n) is 4.46. The van der Waals surface area contributed by atoms with Gasteiger partial charge in [0.2, 0.25) is 5.91 Å². The van der Waals surface area contributed by atoms with E-state index < -0.39 is 0 Å². The lowest BCUT2D eigenvalue weighted by molar-refractivity contribution is -0.118. The topological polar surface area (TPSA) is 59.8 Å². The molecule has 1 aromatic heterocycles. The molecule has 0 bridgehead atoms. The molecular formula is C19H26N4OS. The van der Waals surface area contributed by atoms with Crippen LogP contribution in [0.25, 0.3) is 0 Å². The molecular weight excluding hydrogens is 332 g/mol. The van der Waals surface area contributed by atoms with E-state index in [0.29, 0.717) is 24.3 Å². The van der Waals surface area contributed by atoms with Gasteiger partial charge in [0.25, 0.3) is 0 Å². The minimum absolute atomic E-state index is 0.0480. The Labute approximate surface area is 153 Å². The number of carbonyl (C=O) groups is 1. The van der Waals surface area contributed by atoms with Crippen LogP contribution in [0, 0.1) is 6.92 Å². The molecule has 0 spiro atoms. The van der Waals surface area contributed by atoms with Gasteiger partial charge in [-0.1, -0.05) is 49.9 Å². The SMILES string of the molecule is Cc1nnc(SCC(=O)NCCc2ccc(C(C)C)cc2)n1C1CC1. The maximum absolute atomic E-state index is 12.1. The van der Waals surface area contributed by atoms with Gasteiger partial charge in [-0.2, -0.15) is 0 Å². The summed E-state index contributed by atoms with van der Waals surface area (Å²) < 4.78 is 2.16. The predicted molar refractivity (Wildman–Crippen MR) is 101 cm³/mol. The van der Waals surface area contributed by atoms with Crippen LogP contribution < -0.4 is 5.32 Å². The number of nitrogens with zero attached hydrogens (tertiary/aromatic N) is 3. The molecule has 0 atom stereocenters. The van der Waals surface area contributed by atoms with Crippen LogP contribution in [0.15, 0.2) is 29.4 Å². The van der Waals surface area contributed by atoms with Crippen molar-refractivity contribution in [2.24, 2.45) is 0 Å². The number of carbonyl (C=O) groups excluding carboxylic acids is 1. The van der Waals surface area contributed by atoms with Crippen LogP contribution in [0.2, 0.25) is 0 Å². The highest BCUT2D eigenvalue weighted by Crippen LogP contribution is 2.38. The highest BCUT2D eigenvalue weighted by molar-refractivity contribution is 7.99. The highest BCUT2D eigenvalue weighted by Gasteiger charge is 2.28. The molecule has 1 aromatic carbocycles. The molecule has 134 valence electrons. The summed E-state index contributed by atoms with van der Waals surface area (Å²) in [6.45, 7) is 7.02. The molecule has 25 heavy (non-hydrogen) atoms. The molecule has 1 N–H and O–H groups in total. The second-order valence-corrected chi connectivity index (χ2v) is 7.86. The van der Waals surface area contributed by atoms with Crippen molar-refractivity contribution in [2.45, 2.75) is 57.1 Å². The summed E-state index contributed by atoms with van der Waals surface area (Å²) in [7, 11) is 0. The number of aryl methyl sites for hydroxylation is 1. The molecule has 1 aliphatic carbocycles. The van der Waals surface area contributed by atoms with Crippen LogP contribution in [0.3, 0.4) is 0 Å². The van der Waals surface area contributed by atoms with Crippen molar-refractivity contribution in [3.8, 4) is 0 Å². The normalized spacial score (nSPS) is 14.1. The van der Waals surface area contributed by atoms with Gasteiger partial charge in [-0.15, -0.1) is 10.2 Å². The molecule has 3 rings (SSSR count). The Hall–Kier alpha value is -1.82. The number of benzene rings is 1. The first-order valence-corrected chi connectivity index (χ1v) is 9.93. The summed E-state index contributed by atoms with van der Waals surface area (Å²) in [5, 5.41) is 12.2. The zero-order chi connectivity index (χ0) is 17.8. The zero-order valence-electron chi connectivity index (χ0n) is 15.2. The largest absolute Gasteiger partial charge is 0.355 e. The number of aromatic nitrogens is 3. The standard InChI is InChI=1S/C19H26N4OS/c1-13(2)16-6-4-15(5-7-16)10-11-20-18(24)12-25-19-22-21-14(3)23(19)17-8-9-17/h4-7,13,17H,8-12H2,1-3H3,(H,20,24). The molecule has 1 amide bonds. The van der Waals surface area contributed by atoms with Gasteiger partial charge >= 0.3 is 0 Å². The number of hydrogen-bond acceptors (Lipinski definition) is 4. The van der Waals surface area contributed by atoms with Crippen LogP contribution in [-0.4, -0.2) is 33.0 Å². The lowest BCUT2D eigenvalue weighted by atomic mass is 10.0. The average Bonchev–Trinajstić information content (AvgIpc) is 3.36. The summed E-state index contributed by atoms with van der Waals surface area (Å²) >= 11 is 1.47. The van der Waals surface area contributed by atoms with Gasteiger partial charge < -0.3 is 9.88 Å². The number of amides is 1. The van der Waals surface area contributed by atoms with E-state index in [9.17, 15) is 4.79 Å². The molecule has 2 aromatic rings. The Bertz CT molecular complexity index is 720. The Morgan fingerprint density at radius 3 is 2.64 bits per heavy atom. The summed E-state index contributed by atoms with van der Waals surface area (Å²) in [6.07, 6.45) is 3.23. The lowest BCUT2D eigenvalue weighted by Gasteiger charge is -2.08. The Kier molecular flexibility index (Phi) is 5.78. The fourth-order valence-electron chi connectivity index (χ4n) is 2.80. The fourth-order valence-corrected chi connectivity index (χ4v) is 3.68. The van der Waals surface area contributed by atoms with Crippen molar-refractivity contribution in [3.05, 3.63) is 41.2 Å². The number of rotatable bonds is 8. The van der Waals surface area contributed by atoms with Gasteiger partial charge in [-0.3, -0.25) is 4.79 Å². The second kappa shape index (κ2) is 8.04. The molecule has 1 saturated carbocycles. The van der Waals surface area contributed by atoms with Gasteiger partial charge in [0.15, 0.2) is 5.16 Å². The third-order valence-corrected chi connectivity index (χ3v) is 5.40. The molecule has 0 aliphatic heterocycles. The van der Waals surface area contributed by atoms with Crippen LogP contribution >= 0.6 is 11.8 Å². The number of hydrogen-bond donors (Lipinski definition) is 1. The quantitative estimate of drug-likeness (QED) is 0.734. The van der Waals surface area contributed by atoms with Crippen molar-refractivity contribution in [3.63, 3.8) is 0 Å². The molecule has 0 saturated heterocycles. The Balaban J connectivity index is 1.41. The Morgan fingerprint density at radius 1 is 1.28 bits per heavy atom. The minimum atomic E-state index is 0.0480. The van der Waals surface area contributed by atoms with E-state index in [4.69, 9.17) is 0 Å². The summed E-state index contributed by atoms with van der Waals surface area (Å²) in [5.41, 5.74) is 2.60. The van der Waals surface area contributed by atoms with Crippen LogP contribution in [0.5, 0.6) is 0 Å². The van der Waals surface area contributed by atoms with Crippen molar-refractivity contribution >= 4 is 17.7 Å². The van der Waals surface area contributed by atoms with Crippen molar-refractivity contribution in [1.82, 2.24) is 20.1 Å². The van der Waals surface area contributed by atoms with E-state index in [-0.39, 0.29) is 5.91 Å². The zero-order valence-corrected chi connectivity index (χ0v) is 16.0. The number of thioether (sulfide) groups is 1. The number of nitrogens with one attached hydrogen (secondary N) is 1. The van der Waals surface area contributed by atoms with E-state index in [1.807, 2.05) is 6.92 Å². The van der Waals surface area contributed by atoms with E-state index in [1.165, 1.54) is 35.7 Å². The van der Waals surface area contributed by atoms with Gasteiger partial charge in [0, 0.05) is 12.6 Å². The van der Waals surface area contributed by atoms with E-state index in [0.717, 1.165) is 17.4 Å². The summed E-state index contributed by atoms with van der Waals surface area (Å²) in [4.78, 5) is 12.1. The van der Waals surface area contributed by atoms with Gasteiger partial charge in [0.05, 0.1) is 5.75 Å². The van der Waals surface area contributed by atoms with Crippen molar-refractivity contribution < 1.29 is 4.79 Å². The maximum atomic E-state index is 12.1. The van der Waals surface area contributed by atoms with Crippen LogP contribution in [-0.2, 0) is 11.2 Å². The molecule has 0 radical (unpaired) electrons. The van der Waals surface area contributed by atoms with Gasteiger partial charge in [0.1, 0.15) is 5.82 Å². The molecule has 5 nitrogen and oxygen atoms in total. The Morgan fingerprint density at radius 2 is 2.00 bits per heavy atom. The lowest BCUT2D eigenvalue weighted by Crippen LogP contribution is -2.27. The van der Waals surface area contributed by atoms with E-state index >= 15 is 0 Å². The van der Waals surface area contributed by atoms with E-state index in [2.05, 4.69) is 58.2 Å². The van der Waals surface area contributed by atoms with Gasteiger partial charge in [-0.05, 0) is 43.2 Å². The summed E-state index contributed by atoms with van der Waals surface area (Å²) in [5.74, 6) is 1.92. The first kappa shape index (κ1) is 18.0. The van der Waals surface area contributed by atoms with Crippen molar-refractivity contribution in [1.29, 1.82) is 0 Å². The van der Waals surface area contributed by atoms with Crippen LogP contribution in [0.4, 0.5) is 0 Å². The molecule has 1 aliphatic rings. The molecule has 6 heteroatoms. The molecule has 1 heterocycles. The maximum Gasteiger partial charge on any atom is 0.230 e. The second-order valence-electron chi connectivity index (χ2n) is 6.92. The fraction of sp³-hybridized carbons (Fsp3) is 0.526.